The topological polar surface area (TPSA) is 135 Å². The lowest BCUT2D eigenvalue weighted by molar-refractivity contribution is -0.136. The number of carbonyl (C=O) groups excluding carboxylic acids is 4. The van der Waals surface area contributed by atoms with Crippen molar-refractivity contribution in [2.75, 3.05) is 44.4 Å². The summed E-state index contributed by atoms with van der Waals surface area (Å²) in [6.45, 7) is 3.12. The fourth-order valence-electron chi connectivity index (χ4n) is 5.36. The van der Waals surface area contributed by atoms with Crippen LogP contribution in [-0.4, -0.2) is 80.1 Å². The molecule has 3 aliphatic heterocycles. The van der Waals surface area contributed by atoms with E-state index in [9.17, 15) is 24.1 Å². The SMILES string of the molecule is O=NCCOCCOC1CC2(C1)CN(c1ccc3c(c1)C(=O)N(C1CCC(=O)NC1=O)C3=O)C2. The highest BCUT2D eigenvalue weighted by atomic mass is 16.5. The van der Waals surface area contributed by atoms with Gasteiger partial charge in [0, 0.05) is 30.6 Å². The van der Waals surface area contributed by atoms with E-state index in [-0.39, 0.29) is 36.5 Å². The first-order valence-corrected chi connectivity index (χ1v) is 11.5. The molecule has 1 atom stereocenters. The average molecular weight is 470 g/mol. The maximum Gasteiger partial charge on any atom is 0.262 e. The second-order valence-corrected chi connectivity index (χ2v) is 9.40. The maximum absolute atomic E-state index is 13.0. The number of rotatable bonds is 9. The molecule has 11 nitrogen and oxygen atoms in total. The molecule has 0 aromatic heterocycles. The van der Waals surface area contributed by atoms with Gasteiger partial charge in [-0.15, -0.1) is 0 Å². The fourth-order valence-corrected chi connectivity index (χ4v) is 5.36. The van der Waals surface area contributed by atoms with Crippen molar-refractivity contribution >= 4 is 29.3 Å². The second-order valence-electron chi connectivity index (χ2n) is 9.40. The Morgan fingerprint density at radius 3 is 2.53 bits per heavy atom. The molecule has 1 aliphatic carbocycles. The molecule has 0 bridgehead atoms. The number of nitrogens with zero attached hydrogens (tertiary/aromatic N) is 3. The van der Waals surface area contributed by atoms with Gasteiger partial charge < -0.3 is 14.4 Å². The van der Waals surface area contributed by atoms with E-state index in [0.717, 1.165) is 36.5 Å². The fraction of sp³-hybridized carbons (Fsp3) is 0.565. The van der Waals surface area contributed by atoms with Crippen LogP contribution in [0.1, 0.15) is 46.4 Å². The Kier molecular flexibility index (Phi) is 5.90. The van der Waals surface area contributed by atoms with Crippen molar-refractivity contribution in [3.63, 3.8) is 0 Å². The van der Waals surface area contributed by atoms with Gasteiger partial charge in [0.2, 0.25) is 11.8 Å². The number of hydrogen-bond donors (Lipinski definition) is 1. The summed E-state index contributed by atoms with van der Waals surface area (Å²) >= 11 is 0. The lowest BCUT2D eigenvalue weighted by Crippen LogP contribution is -2.64. The zero-order valence-electron chi connectivity index (χ0n) is 18.7. The number of benzene rings is 1. The summed E-state index contributed by atoms with van der Waals surface area (Å²) in [5.41, 5.74) is 1.67. The summed E-state index contributed by atoms with van der Waals surface area (Å²) in [5.74, 6) is -1.99. The van der Waals surface area contributed by atoms with Crippen molar-refractivity contribution in [1.82, 2.24) is 10.2 Å². The zero-order valence-corrected chi connectivity index (χ0v) is 18.7. The molecule has 4 aliphatic rings. The minimum atomic E-state index is -0.958. The maximum atomic E-state index is 13.0. The molecule has 1 aromatic rings. The van der Waals surface area contributed by atoms with Gasteiger partial charge in [0.05, 0.1) is 37.1 Å². The van der Waals surface area contributed by atoms with Crippen LogP contribution < -0.4 is 10.2 Å². The monoisotopic (exact) mass is 470 g/mol. The van der Waals surface area contributed by atoms with Crippen LogP contribution in [0.4, 0.5) is 5.69 Å². The van der Waals surface area contributed by atoms with Crippen LogP contribution in [0.2, 0.25) is 0 Å². The van der Waals surface area contributed by atoms with Crippen molar-refractivity contribution in [3.05, 3.63) is 34.2 Å². The summed E-state index contributed by atoms with van der Waals surface area (Å²) in [4.78, 5) is 62.7. The number of nitroso groups, excluding NO2 is 1. The Hall–Kier alpha value is -3.18. The predicted molar refractivity (Wildman–Crippen MR) is 118 cm³/mol. The van der Waals surface area contributed by atoms with Gasteiger partial charge in [0.1, 0.15) is 12.6 Å². The van der Waals surface area contributed by atoms with Crippen LogP contribution >= 0.6 is 0 Å². The minimum absolute atomic E-state index is 0.0975. The Morgan fingerprint density at radius 2 is 1.79 bits per heavy atom. The van der Waals surface area contributed by atoms with E-state index < -0.39 is 29.7 Å². The van der Waals surface area contributed by atoms with Crippen LogP contribution in [0.3, 0.4) is 0 Å². The van der Waals surface area contributed by atoms with Gasteiger partial charge in [-0.3, -0.25) is 29.4 Å². The molecule has 1 unspecified atom stereocenters. The molecular formula is C23H26N4O7. The summed E-state index contributed by atoms with van der Waals surface area (Å²) in [6.07, 6.45) is 2.37. The summed E-state index contributed by atoms with van der Waals surface area (Å²) in [7, 11) is 0. The summed E-state index contributed by atoms with van der Waals surface area (Å²) in [6, 6.07) is 4.25. The van der Waals surface area contributed by atoms with Crippen molar-refractivity contribution in [3.8, 4) is 0 Å². The lowest BCUT2D eigenvalue weighted by Gasteiger charge is -2.59. The molecule has 1 saturated carbocycles. The van der Waals surface area contributed by atoms with Crippen LogP contribution in [-0.2, 0) is 19.1 Å². The molecule has 11 heteroatoms. The summed E-state index contributed by atoms with van der Waals surface area (Å²) in [5, 5.41) is 4.94. The number of ether oxygens (including phenoxy) is 2. The normalized spacial score (nSPS) is 23.6. The summed E-state index contributed by atoms with van der Waals surface area (Å²) < 4.78 is 11.1. The van der Waals surface area contributed by atoms with E-state index in [2.05, 4.69) is 15.4 Å². The van der Waals surface area contributed by atoms with Gasteiger partial charge in [-0.2, -0.15) is 4.91 Å². The zero-order chi connectivity index (χ0) is 23.9. The van der Waals surface area contributed by atoms with Crippen molar-refractivity contribution < 1.29 is 28.7 Å². The minimum Gasteiger partial charge on any atom is -0.377 e. The van der Waals surface area contributed by atoms with E-state index in [1.165, 1.54) is 0 Å². The van der Waals surface area contributed by atoms with Gasteiger partial charge in [-0.05, 0) is 37.5 Å². The number of fused-ring (bicyclic) bond motifs is 1. The predicted octanol–water partition coefficient (Wildman–Crippen LogP) is 0.856. The van der Waals surface area contributed by atoms with Crippen LogP contribution in [0, 0.1) is 10.3 Å². The number of amides is 4. The quantitative estimate of drug-likeness (QED) is 0.319. The first-order chi connectivity index (χ1) is 16.4. The number of imide groups is 2. The van der Waals surface area contributed by atoms with E-state index >= 15 is 0 Å². The molecule has 180 valence electrons. The Labute approximate surface area is 195 Å². The van der Waals surface area contributed by atoms with Crippen molar-refractivity contribution in [2.24, 2.45) is 10.6 Å². The first-order valence-electron chi connectivity index (χ1n) is 11.5. The Balaban J connectivity index is 1.14. The molecule has 1 aromatic carbocycles. The number of anilines is 1. The third-order valence-electron chi connectivity index (χ3n) is 7.07. The largest absolute Gasteiger partial charge is 0.377 e. The lowest BCUT2D eigenvalue weighted by atomic mass is 9.61. The molecule has 1 spiro atoms. The third kappa shape index (κ3) is 3.98. The molecule has 3 heterocycles. The number of hydrogen-bond acceptors (Lipinski definition) is 9. The van der Waals surface area contributed by atoms with E-state index in [0.29, 0.717) is 25.4 Å². The van der Waals surface area contributed by atoms with E-state index in [1.807, 2.05) is 6.07 Å². The molecule has 4 amide bonds. The highest BCUT2D eigenvalue weighted by molar-refractivity contribution is 6.23. The van der Waals surface area contributed by atoms with Gasteiger partial charge in [0.15, 0.2) is 0 Å². The van der Waals surface area contributed by atoms with E-state index in [4.69, 9.17) is 9.47 Å². The van der Waals surface area contributed by atoms with Crippen molar-refractivity contribution in [2.45, 2.75) is 37.8 Å². The molecule has 3 fully saturated rings. The number of nitrogens with one attached hydrogen (secondary N) is 1. The Morgan fingerprint density at radius 1 is 1.03 bits per heavy atom. The smallest absolute Gasteiger partial charge is 0.262 e. The molecule has 0 radical (unpaired) electrons. The second kappa shape index (κ2) is 8.88. The number of piperidine rings is 1. The average Bonchev–Trinajstić information content (AvgIpc) is 3.00. The van der Waals surface area contributed by atoms with Gasteiger partial charge >= 0.3 is 0 Å². The van der Waals surface area contributed by atoms with Crippen LogP contribution in [0.15, 0.2) is 23.4 Å². The van der Waals surface area contributed by atoms with Crippen molar-refractivity contribution in [1.29, 1.82) is 0 Å². The highest BCUT2D eigenvalue weighted by Gasteiger charge is 2.53. The third-order valence-corrected chi connectivity index (χ3v) is 7.07. The molecule has 1 N–H and O–H groups in total. The molecule has 34 heavy (non-hydrogen) atoms. The number of carbonyl (C=O) groups is 4. The highest BCUT2D eigenvalue weighted by Crippen LogP contribution is 2.51. The Bertz CT molecular complexity index is 1040. The standard InChI is InChI=1S/C23H26N4O7/c28-19-4-3-18(20(29)25-19)27-21(30)16-2-1-14(9-17(16)22(27)31)26-12-23(13-26)10-15(11-23)34-8-7-33-6-5-24-32/h1-2,9,15,18H,3-8,10-13H2,(H,25,28,29). The van der Waals surface area contributed by atoms with E-state index in [1.54, 1.807) is 12.1 Å². The first kappa shape index (κ1) is 22.6. The molecule has 2 saturated heterocycles. The van der Waals surface area contributed by atoms with Gasteiger partial charge in [-0.1, -0.05) is 5.18 Å². The molecular weight excluding hydrogens is 444 g/mol. The van der Waals surface area contributed by atoms with Crippen LogP contribution in [0.25, 0.3) is 0 Å². The molecule has 5 rings (SSSR count). The van der Waals surface area contributed by atoms with Gasteiger partial charge in [-0.25, -0.2) is 0 Å². The van der Waals surface area contributed by atoms with Gasteiger partial charge in [0.25, 0.3) is 11.8 Å². The van der Waals surface area contributed by atoms with Crippen LogP contribution in [0.5, 0.6) is 0 Å².